The number of hydrogen-bond acceptors (Lipinski definition) is 2. The van der Waals surface area contributed by atoms with Gasteiger partial charge in [-0.1, -0.05) is 48.9 Å². The standard InChI is InChI=1S/C16H18ClNO2/c1-10(9-16(19)20)8-15(18)13-6-7-14(17)12-5-3-2-4-11(12)13/h2-7,10,15H,8-9,18H2,1H3,(H,19,20). The number of hydrogen-bond donors (Lipinski definition) is 2. The van der Waals surface area contributed by atoms with E-state index in [4.69, 9.17) is 22.4 Å². The molecule has 20 heavy (non-hydrogen) atoms. The Kier molecular flexibility index (Phi) is 4.63. The SMILES string of the molecule is CC(CC(=O)O)CC(N)c1ccc(Cl)c2ccccc12. The lowest BCUT2D eigenvalue weighted by atomic mass is 9.91. The highest BCUT2D eigenvalue weighted by Crippen LogP contribution is 2.31. The fourth-order valence-corrected chi connectivity index (χ4v) is 2.78. The van der Waals surface area contributed by atoms with Gasteiger partial charge in [-0.15, -0.1) is 0 Å². The first-order valence-electron chi connectivity index (χ1n) is 6.63. The molecule has 0 aliphatic carbocycles. The summed E-state index contributed by atoms with van der Waals surface area (Å²) in [6, 6.07) is 11.5. The third-order valence-electron chi connectivity index (χ3n) is 3.48. The van der Waals surface area contributed by atoms with E-state index in [2.05, 4.69) is 0 Å². The lowest BCUT2D eigenvalue weighted by Gasteiger charge is -2.18. The van der Waals surface area contributed by atoms with Crippen LogP contribution in [0.5, 0.6) is 0 Å². The number of carboxylic acids is 1. The maximum atomic E-state index is 10.7. The summed E-state index contributed by atoms with van der Waals surface area (Å²) in [7, 11) is 0. The molecule has 0 saturated heterocycles. The van der Waals surface area contributed by atoms with Gasteiger partial charge >= 0.3 is 5.97 Å². The second-order valence-corrected chi connectivity index (χ2v) is 5.63. The van der Waals surface area contributed by atoms with Crippen LogP contribution in [0.15, 0.2) is 36.4 Å². The molecular weight excluding hydrogens is 274 g/mol. The molecule has 2 aromatic rings. The molecule has 3 nitrogen and oxygen atoms in total. The third-order valence-corrected chi connectivity index (χ3v) is 3.81. The van der Waals surface area contributed by atoms with Gasteiger partial charge in [-0.3, -0.25) is 4.79 Å². The Morgan fingerprint density at radius 2 is 1.90 bits per heavy atom. The smallest absolute Gasteiger partial charge is 0.303 e. The van der Waals surface area contributed by atoms with E-state index in [1.54, 1.807) is 0 Å². The molecule has 2 aromatic carbocycles. The summed E-state index contributed by atoms with van der Waals surface area (Å²) in [6.45, 7) is 1.91. The largest absolute Gasteiger partial charge is 0.481 e. The van der Waals surface area contributed by atoms with Crippen molar-refractivity contribution in [1.29, 1.82) is 0 Å². The van der Waals surface area contributed by atoms with Crippen molar-refractivity contribution >= 4 is 28.3 Å². The Balaban J connectivity index is 2.28. The number of aliphatic carboxylic acids is 1. The summed E-state index contributed by atoms with van der Waals surface area (Å²) < 4.78 is 0. The minimum absolute atomic E-state index is 0.0388. The van der Waals surface area contributed by atoms with Crippen molar-refractivity contribution in [3.05, 3.63) is 47.0 Å². The zero-order valence-electron chi connectivity index (χ0n) is 11.3. The first-order valence-corrected chi connectivity index (χ1v) is 7.01. The van der Waals surface area contributed by atoms with Crippen molar-refractivity contribution in [2.75, 3.05) is 0 Å². The van der Waals surface area contributed by atoms with Crippen LogP contribution in [0.3, 0.4) is 0 Å². The lowest BCUT2D eigenvalue weighted by molar-refractivity contribution is -0.138. The Hall–Kier alpha value is -1.58. The van der Waals surface area contributed by atoms with Gasteiger partial charge in [0, 0.05) is 22.9 Å². The highest BCUT2D eigenvalue weighted by molar-refractivity contribution is 6.35. The first kappa shape index (κ1) is 14.8. The summed E-state index contributed by atoms with van der Waals surface area (Å²) >= 11 is 6.19. The zero-order valence-corrected chi connectivity index (χ0v) is 12.1. The Bertz CT molecular complexity index is 627. The van der Waals surface area contributed by atoms with Crippen LogP contribution in [-0.2, 0) is 4.79 Å². The quantitative estimate of drug-likeness (QED) is 0.875. The molecule has 0 spiro atoms. The number of rotatable bonds is 5. The van der Waals surface area contributed by atoms with Crippen molar-refractivity contribution in [2.24, 2.45) is 11.7 Å². The molecule has 0 aliphatic rings. The molecule has 3 N–H and O–H groups in total. The topological polar surface area (TPSA) is 63.3 Å². The van der Waals surface area contributed by atoms with E-state index in [1.165, 1.54) is 0 Å². The Morgan fingerprint density at radius 1 is 1.25 bits per heavy atom. The lowest BCUT2D eigenvalue weighted by Crippen LogP contribution is -2.16. The second kappa shape index (κ2) is 6.25. The van der Waals surface area contributed by atoms with Crippen molar-refractivity contribution in [3.63, 3.8) is 0 Å². The van der Waals surface area contributed by atoms with Gasteiger partial charge in [0.1, 0.15) is 0 Å². The maximum Gasteiger partial charge on any atom is 0.303 e. The molecule has 0 aliphatic heterocycles. The van der Waals surface area contributed by atoms with Crippen molar-refractivity contribution in [2.45, 2.75) is 25.8 Å². The van der Waals surface area contributed by atoms with E-state index >= 15 is 0 Å². The summed E-state index contributed by atoms with van der Waals surface area (Å²) in [5.74, 6) is -0.748. The molecule has 0 radical (unpaired) electrons. The molecule has 0 fully saturated rings. The summed E-state index contributed by atoms with van der Waals surface area (Å²) in [5.41, 5.74) is 7.27. The fourth-order valence-electron chi connectivity index (χ4n) is 2.55. The molecule has 2 atom stereocenters. The minimum atomic E-state index is -0.786. The normalized spacial score (nSPS) is 14.2. The number of benzene rings is 2. The van der Waals surface area contributed by atoms with Crippen LogP contribution in [0, 0.1) is 5.92 Å². The van der Waals surface area contributed by atoms with E-state index in [9.17, 15) is 4.79 Å². The van der Waals surface area contributed by atoms with Gasteiger partial charge in [-0.05, 0) is 29.4 Å². The van der Waals surface area contributed by atoms with E-state index in [-0.39, 0.29) is 18.4 Å². The molecule has 0 amide bonds. The molecule has 0 aromatic heterocycles. The van der Waals surface area contributed by atoms with E-state index < -0.39 is 5.97 Å². The number of fused-ring (bicyclic) bond motifs is 1. The summed E-state index contributed by atoms with van der Waals surface area (Å²) in [6.07, 6.45) is 0.775. The highest BCUT2D eigenvalue weighted by atomic mass is 35.5. The molecular formula is C16H18ClNO2. The maximum absolute atomic E-state index is 10.7. The van der Waals surface area contributed by atoms with Gasteiger partial charge in [0.15, 0.2) is 0 Å². The Labute approximate surface area is 123 Å². The van der Waals surface area contributed by atoms with Crippen LogP contribution in [0.1, 0.15) is 31.4 Å². The minimum Gasteiger partial charge on any atom is -0.481 e. The predicted octanol–water partition coefficient (Wildman–Crippen LogP) is 3.99. The van der Waals surface area contributed by atoms with Crippen LogP contribution in [0.4, 0.5) is 0 Å². The average Bonchev–Trinajstić information content (AvgIpc) is 2.38. The van der Waals surface area contributed by atoms with Gasteiger partial charge in [-0.25, -0.2) is 0 Å². The monoisotopic (exact) mass is 291 g/mol. The molecule has 0 saturated carbocycles. The average molecular weight is 292 g/mol. The number of nitrogens with two attached hydrogens (primary N) is 1. The molecule has 106 valence electrons. The fraction of sp³-hybridized carbons (Fsp3) is 0.312. The third kappa shape index (κ3) is 3.30. The molecule has 0 heterocycles. The Morgan fingerprint density at radius 3 is 2.55 bits per heavy atom. The first-order chi connectivity index (χ1) is 9.49. The second-order valence-electron chi connectivity index (χ2n) is 5.23. The highest BCUT2D eigenvalue weighted by Gasteiger charge is 2.16. The number of halogens is 1. The predicted molar refractivity (Wildman–Crippen MR) is 81.9 cm³/mol. The van der Waals surface area contributed by atoms with Crippen LogP contribution < -0.4 is 5.73 Å². The van der Waals surface area contributed by atoms with Gasteiger partial charge in [0.25, 0.3) is 0 Å². The van der Waals surface area contributed by atoms with Gasteiger partial charge in [-0.2, -0.15) is 0 Å². The molecule has 2 rings (SSSR count). The van der Waals surface area contributed by atoms with Gasteiger partial charge in [0.2, 0.25) is 0 Å². The van der Waals surface area contributed by atoms with Gasteiger partial charge in [0.05, 0.1) is 0 Å². The zero-order chi connectivity index (χ0) is 14.7. The van der Waals surface area contributed by atoms with E-state index in [0.29, 0.717) is 11.4 Å². The number of carboxylic acid groups (broad SMARTS) is 1. The van der Waals surface area contributed by atoms with Crippen LogP contribution in [0.25, 0.3) is 10.8 Å². The van der Waals surface area contributed by atoms with Gasteiger partial charge < -0.3 is 10.8 Å². The van der Waals surface area contributed by atoms with Crippen molar-refractivity contribution < 1.29 is 9.90 Å². The van der Waals surface area contributed by atoms with E-state index in [0.717, 1.165) is 16.3 Å². The summed E-state index contributed by atoms with van der Waals surface area (Å²) in [4.78, 5) is 10.7. The molecule has 2 unspecified atom stereocenters. The van der Waals surface area contributed by atoms with Crippen LogP contribution >= 0.6 is 11.6 Å². The van der Waals surface area contributed by atoms with Crippen molar-refractivity contribution in [3.8, 4) is 0 Å². The van der Waals surface area contributed by atoms with E-state index in [1.807, 2.05) is 43.3 Å². The van der Waals surface area contributed by atoms with Crippen LogP contribution in [0.2, 0.25) is 5.02 Å². The number of carbonyl (C=O) groups is 1. The molecule has 4 heteroatoms. The van der Waals surface area contributed by atoms with Crippen molar-refractivity contribution in [1.82, 2.24) is 0 Å². The van der Waals surface area contributed by atoms with Crippen LogP contribution in [-0.4, -0.2) is 11.1 Å². The molecule has 0 bridgehead atoms. The summed E-state index contributed by atoms with van der Waals surface area (Å²) in [5, 5.41) is 11.5.